The van der Waals surface area contributed by atoms with Gasteiger partial charge in [0.2, 0.25) is 5.95 Å². The molecule has 0 N–H and O–H groups in total. The second-order valence-corrected chi connectivity index (χ2v) is 10.2. The number of hydrogen-bond acceptors (Lipinski definition) is 5. The van der Waals surface area contributed by atoms with Crippen LogP contribution in [0.3, 0.4) is 0 Å². The van der Waals surface area contributed by atoms with Gasteiger partial charge in [-0.25, -0.2) is 4.98 Å². The molecule has 8 rings (SSSR count). The van der Waals surface area contributed by atoms with Crippen LogP contribution >= 0.6 is 11.3 Å². The molecule has 0 aliphatic carbocycles. The first-order chi connectivity index (χ1) is 18.8. The van der Waals surface area contributed by atoms with Crippen molar-refractivity contribution in [2.75, 3.05) is 0 Å². The van der Waals surface area contributed by atoms with Crippen LogP contribution in [0.15, 0.2) is 116 Å². The van der Waals surface area contributed by atoms with Crippen molar-refractivity contribution in [3.63, 3.8) is 0 Å². The van der Waals surface area contributed by atoms with Crippen molar-refractivity contribution in [2.45, 2.75) is 0 Å². The minimum absolute atomic E-state index is 0.587. The highest BCUT2D eigenvalue weighted by Crippen LogP contribution is 2.42. The third-order valence-electron chi connectivity index (χ3n) is 6.96. The predicted octanol–water partition coefficient (Wildman–Crippen LogP) is 8.07. The Bertz CT molecular complexity index is 2070. The van der Waals surface area contributed by atoms with Crippen molar-refractivity contribution in [1.29, 1.82) is 0 Å². The van der Waals surface area contributed by atoms with Crippen molar-refractivity contribution in [1.82, 2.24) is 24.5 Å². The Morgan fingerprint density at radius 3 is 1.97 bits per heavy atom. The number of rotatable bonds is 3. The third kappa shape index (κ3) is 3.17. The summed E-state index contributed by atoms with van der Waals surface area (Å²) < 4.78 is 4.68. The molecule has 4 aromatic carbocycles. The molecule has 4 aromatic heterocycles. The Morgan fingerprint density at radius 1 is 0.553 bits per heavy atom. The maximum absolute atomic E-state index is 5.02. The van der Waals surface area contributed by atoms with Crippen LogP contribution in [0.4, 0.5) is 0 Å². The van der Waals surface area contributed by atoms with E-state index >= 15 is 0 Å². The summed E-state index contributed by atoms with van der Waals surface area (Å²) in [5.41, 5.74) is 3.96. The monoisotopic (exact) mass is 505 g/mol. The fourth-order valence-corrected chi connectivity index (χ4v) is 6.50. The summed E-state index contributed by atoms with van der Waals surface area (Å²) in [6.07, 6.45) is 3.78. The predicted molar refractivity (Wildman–Crippen MR) is 156 cm³/mol. The van der Waals surface area contributed by atoms with Crippen LogP contribution in [0.1, 0.15) is 0 Å². The van der Waals surface area contributed by atoms with Gasteiger partial charge in [-0.3, -0.25) is 9.55 Å². The largest absolute Gasteiger partial charge is 0.278 e. The molecule has 0 radical (unpaired) electrons. The lowest BCUT2D eigenvalue weighted by Crippen LogP contribution is -2.06. The van der Waals surface area contributed by atoms with Gasteiger partial charge in [-0.1, -0.05) is 84.9 Å². The van der Waals surface area contributed by atoms with Crippen LogP contribution < -0.4 is 0 Å². The van der Waals surface area contributed by atoms with E-state index in [1.54, 1.807) is 0 Å². The lowest BCUT2D eigenvalue weighted by Gasteiger charge is -2.10. The maximum Gasteiger partial charge on any atom is 0.238 e. The molecule has 0 fully saturated rings. The average Bonchev–Trinajstić information content (AvgIpc) is 3.53. The van der Waals surface area contributed by atoms with Gasteiger partial charge in [0.15, 0.2) is 11.6 Å². The van der Waals surface area contributed by atoms with E-state index in [9.17, 15) is 0 Å². The van der Waals surface area contributed by atoms with E-state index in [2.05, 4.69) is 45.9 Å². The lowest BCUT2D eigenvalue weighted by molar-refractivity contribution is 0.953. The molecule has 0 spiro atoms. The summed E-state index contributed by atoms with van der Waals surface area (Å²) in [4.78, 5) is 19.4. The molecule has 0 saturated heterocycles. The fourth-order valence-electron chi connectivity index (χ4n) is 5.24. The molecule has 6 heteroatoms. The van der Waals surface area contributed by atoms with Gasteiger partial charge in [0.1, 0.15) is 0 Å². The molecule has 38 heavy (non-hydrogen) atoms. The number of pyridine rings is 1. The molecule has 178 valence electrons. The molecule has 0 aliphatic rings. The van der Waals surface area contributed by atoms with Crippen LogP contribution in [0.5, 0.6) is 0 Å². The highest BCUT2D eigenvalue weighted by Gasteiger charge is 2.20. The van der Waals surface area contributed by atoms with Crippen LogP contribution in [0.25, 0.3) is 70.7 Å². The fraction of sp³-hybridized carbons (Fsp3) is 0. The maximum atomic E-state index is 5.02. The summed E-state index contributed by atoms with van der Waals surface area (Å²) in [6.45, 7) is 0. The molecule has 0 saturated carbocycles. The first-order valence-corrected chi connectivity index (χ1v) is 13.2. The number of aromatic nitrogens is 5. The van der Waals surface area contributed by atoms with Crippen LogP contribution in [0.2, 0.25) is 0 Å². The third-order valence-corrected chi connectivity index (χ3v) is 8.17. The molecular weight excluding hydrogens is 486 g/mol. The van der Waals surface area contributed by atoms with Gasteiger partial charge in [-0.05, 0) is 18.2 Å². The van der Waals surface area contributed by atoms with E-state index in [-0.39, 0.29) is 0 Å². The van der Waals surface area contributed by atoms with Gasteiger partial charge >= 0.3 is 0 Å². The Kier molecular flexibility index (Phi) is 4.62. The quantitative estimate of drug-likeness (QED) is 0.244. The summed E-state index contributed by atoms with van der Waals surface area (Å²) >= 11 is 1.82. The molecule has 8 aromatic rings. The van der Waals surface area contributed by atoms with Crippen molar-refractivity contribution in [3.8, 4) is 28.7 Å². The van der Waals surface area contributed by atoms with Gasteiger partial charge in [0.25, 0.3) is 0 Å². The van der Waals surface area contributed by atoms with Crippen molar-refractivity contribution in [3.05, 3.63) is 116 Å². The van der Waals surface area contributed by atoms with Crippen LogP contribution in [0, 0.1) is 0 Å². The molecule has 0 aliphatic heterocycles. The Balaban J connectivity index is 1.49. The van der Waals surface area contributed by atoms with E-state index in [1.165, 1.54) is 25.6 Å². The minimum Gasteiger partial charge on any atom is -0.278 e. The zero-order chi connectivity index (χ0) is 25.1. The summed E-state index contributed by atoms with van der Waals surface area (Å²) in [5.74, 6) is 1.87. The Labute approximate surface area is 221 Å². The van der Waals surface area contributed by atoms with Gasteiger partial charge in [-0.15, -0.1) is 11.3 Å². The molecule has 0 bridgehead atoms. The van der Waals surface area contributed by atoms with E-state index < -0.39 is 0 Å². The van der Waals surface area contributed by atoms with E-state index in [0.717, 1.165) is 27.5 Å². The first kappa shape index (κ1) is 21.2. The highest BCUT2D eigenvalue weighted by molar-refractivity contribution is 7.26. The normalized spacial score (nSPS) is 11.7. The molecule has 0 atom stereocenters. The van der Waals surface area contributed by atoms with Gasteiger partial charge in [0, 0.05) is 54.5 Å². The van der Waals surface area contributed by atoms with E-state index in [0.29, 0.717) is 17.6 Å². The highest BCUT2D eigenvalue weighted by atomic mass is 32.1. The number of hydrogen-bond donors (Lipinski definition) is 0. The van der Waals surface area contributed by atoms with Gasteiger partial charge in [0.05, 0.1) is 11.0 Å². The summed E-state index contributed by atoms with van der Waals surface area (Å²) in [7, 11) is 0. The summed E-state index contributed by atoms with van der Waals surface area (Å²) in [5, 5.41) is 4.79. The molecule has 4 heterocycles. The Morgan fingerprint density at radius 2 is 1.24 bits per heavy atom. The minimum atomic E-state index is 0.587. The standard InChI is InChI=1S/C32H19N5S/c1-3-9-20(10-4-1)30-34-31(21-11-5-2-6-12-21)36-32(35-30)37-25-17-18-33-19-24(25)28-26(37)16-15-23-22-13-7-8-14-27(22)38-29(23)28/h1-19H. The van der Waals surface area contributed by atoms with E-state index in [1.807, 2.05) is 90.5 Å². The topological polar surface area (TPSA) is 56.5 Å². The second-order valence-electron chi connectivity index (χ2n) is 9.18. The van der Waals surface area contributed by atoms with Gasteiger partial charge < -0.3 is 0 Å². The lowest BCUT2D eigenvalue weighted by atomic mass is 10.1. The number of fused-ring (bicyclic) bond motifs is 7. The molecular formula is C32H19N5S. The molecule has 5 nitrogen and oxygen atoms in total. The first-order valence-electron chi connectivity index (χ1n) is 12.4. The zero-order valence-corrected chi connectivity index (χ0v) is 20.9. The van der Waals surface area contributed by atoms with Gasteiger partial charge in [-0.2, -0.15) is 9.97 Å². The zero-order valence-electron chi connectivity index (χ0n) is 20.1. The second kappa shape index (κ2) is 8.30. The molecule has 0 amide bonds. The molecule has 0 unspecified atom stereocenters. The van der Waals surface area contributed by atoms with Crippen LogP contribution in [-0.2, 0) is 0 Å². The van der Waals surface area contributed by atoms with Crippen molar-refractivity contribution < 1.29 is 0 Å². The van der Waals surface area contributed by atoms with Crippen molar-refractivity contribution in [2.24, 2.45) is 0 Å². The Hall–Kier alpha value is -4.94. The SMILES string of the molecule is c1ccc(-c2nc(-c3ccccc3)nc(-n3c4ccncc4c4c5sc6ccccc6c5ccc43)n2)cc1. The van der Waals surface area contributed by atoms with E-state index in [4.69, 9.17) is 15.0 Å². The number of thiophene rings is 1. The van der Waals surface area contributed by atoms with Crippen LogP contribution in [-0.4, -0.2) is 24.5 Å². The summed E-state index contributed by atoms with van der Waals surface area (Å²) in [6, 6.07) is 35.2. The average molecular weight is 506 g/mol. The van der Waals surface area contributed by atoms with Crippen molar-refractivity contribution >= 4 is 53.3 Å². The number of nitrogens with zero attached hydrogens (tertiary/aromatic N) is 5. The number of benzene rings is 4. The smallest absolute Gasteiger partial charge is 0.238 e.